The minimum Gasteiger partial charge on any atom is -0.352 e. The molecule has 4 nitrogen and oxygen atoms in total. The maximum Gasteiger partial charge on any atom is 0.180 e. The largest absolute Gasteiger partial charge is 0.352 e. The number of nitrogens with one attached hydrogen (secondary N) is 1. The van der Waals surface area contributed by atoms with E-state index < -0.39 is 0 Å². The van der Waals surface area contributed by atoms with E-state index in [2.05, 4.69) is 65.1 Å². The summed E-state index contributed by atoms with van der Waals surface area (Å²) in [5.74, 6) is 1.60. The average molecular weight is 387 g/mol. The Morgan fingerprint density at radius 1 is 0.821 bits per heavy atom. The van der Waals surface area contributed by atoms with Crippen LogP contribution >= 0.6 is 11.9 Å². The summed E-state index contributed by atoms with van der Waals surface area (Å²) in [5, 5.41) is 0. The van der Waals surface area contributed by atoms with E-state index in [1.165, 1.54) is 11.1 Å². The first-order valence-electron chi connectivity index (χ1n) is 9.20. The molecule has 0 amide bonds. The van der Waals surface area contributed by atoms with Crippen molar-refractivity contribution in [1.82, 2.24) is 9.97 Å². The standard InChI is InChI=1S/C23H22N4S/c1-17-12-14-19(15-13-17)28-26-22-23(25-21-11-7-6-10-20(21)24-22)27(2)16-18-8-4-3-5-9-18/h3-15H,16H2,1-2H3,(H,24,26). The fourth-order valence-corrected chi connectivity index (χ4v) is 3.59. The van der Waals surface area contributed by atoms with Crippen molar-refractivity contribution in [3.8, 4) is 0 Å². The van der Waals surface area contributed by atoms with Gasteiger partial charge in [0.05, 0.1) is 11.0 Å². The normalized spacial score (nSPS) is 10.8. The number of nitrogens with zero attached hydrogens (tertiary/aromatic N) is 3. The summed E-state index contributed by atoms with van der Waals surface area (Å²) < 4.78 is 3.41. The van der Waals surface area contributed by atoms with Crippen LogP contribution in [-0.4, -0.2) is 17.0 Å². The van der Waals surface area contributed by atoms with Crippen molar-refractivity contribution in [2.45, 2.75) is 18.4 Å². The molecule has 0 bridgehead atoms. The van der Waals surface area contributed by atoms with Gasteiger partial charge in [0, 0.05) is 18.5 Å². The van der Waals surface area contributed by atoms with Gasteiger partial charge < -0.3 is 9.62 Å². The molecule has 1 aromatic heterocycles. The Bertz CT molecular complexity index is 1060. The van der Waals surface area contributed by atoms with Gasteiger partial charge in [-0.25, -0.2) is 9.97 Å². The van der Waals surface area contributed by atoms with E-state index in [9.17, 15) is 0 Å². The summed E-state index contributed by atoms with van der Waals surface area (Å²) in [4.78, 5) is 13.0. The summed E-state index contributed by atoms with van der Waals surface area (Å²) >= 11 is 1.55. The Labute approximate surface area is 169 Å². The smallest absolute Gasteiger partial charge is 0.180 e. The van der Waals surface area contributed by atoms with Crippen LogP contribution in [0, 0.1) is 6.92 Å². The lowest BCUT2D eigenvalue weighted by Gasteiger charge is -2.21. The number of hydrogen-bond donors (Lipinski definition) is 1. The van der Waals surface area contributed by atoms with Crippen LogP contribution in [0.25, 0.3) is 11.0 Å². The van der Waals surface area contributed by atoms with Crippen LogP contribution in [0.1, 0.15) is 11.1 Å². The molecular weight excluding hydrogens is 364 g/mol. The Morgan fingerprint density at radius 3 is 2.18 bits per heavy atom. The quantitative estimate of drug-likeness (QED) is 0.431. The van der Waals surface area contributed by atoms with E-state index >= 15 is 0 Å². The molecule has 3 aromatic carbocycles. The molecule has 0 unspecified atom stereocenters. The molecule has 1 heterocycles. The Kier molecular flexibility index (Phi) is 5.44. The van der Waals surface area contributed by atoms with Crippen molar-refractivity contribution >= 4 is 34.6 Å². The van der Waals surface area contributed by atoms with E-state index in [0.717, 1.165) is 34.1 Å². The highest BCUT2D eigenvalue weighted by Gasteiger charge is 2.14. The van der Waals surface area contributed by atoms with Crippen LogP contribution in [-0.2, 0) is 6.54 Å². The molecule has 0 spiro atoms. The van der Waals surface area contributed by atoms with E-state index in [0.29, 0.717) is 0 Å². The second-order valence-corrected chi connectivity index (χ2v) is 7.62. The van der Waals surface area contributed by atoms with E-state index in [1.54, 1.807) is 11.9 Å². The molecule has 0 atom stereocenters. The summed E-state index contributed by atoms with van der Waals surface area (Å²) in [6, 6.07) is 26.8. The molecule has 0 aliphatic carbocycles. The van der Waals surface area contributed by atoms with Crippen LogP contribution < -0.4 is 9.62 Å². The Hall–Kier alpha value is -3.05. The molecule has 1 N–H and O–H groups in total. The molecular formula is C23H22N4S. The lowest BCUT2D eigenvalue weighted by Crippen LogP contribution is -2.19. The number of anilines is 2. The monoisotopic (exact) mass is 386 g/mol. The predicted octanol–water partition coefficient (Wildman–Crippen LogP) is 5.69. The number of para-hydroxylation sites is 2. The van der Waals surface area contributed by atoms with Crippen LogP contribution in [0.15, 0.2) is 83.8 Å². The molecule has 140 valence electrons. The molecule has 0 saturated heterocycles. The molecule has 5 heteroatoms. The van der Waals surface area contributed by atoms with Crippen molar-refractivity contribution in [3.05, 3.63) is 90.0 Å². The van der Waals surface area contributed by atoms with Gasteiger partial charge in [-0.2, -0.15) is 0 Å². The topological polar surface area (TPSA) is 41.1 Å². The minimum absolute atomic E-state index is 0.762. The zero-order valence-electron chi connectivity index (χ0n) is 16.0. The third-order valence-corrected chi connectivity index (χ3v) is 5.27. The van der Waals surface area contributed by atoms with Gasteiger partial charge in [-0.3, -0.25) is 0 Å². The maximum atomic E-state index is 4.89. The second kappa shape index (κ2) is 8.31. The molecule has 0 radical (unpaired) electrons. The van der Waals surface area contributed by atoms with E-state index in [-0.39, 0.29) is 0 Å². The summed E-state index contributed by atoms with van der Waals surface area (Å²) in [7, 11) is 2.05. The molecule has 0 saturated carbocycles. The van der Waals surface area contributed by atoms with Gasteiger partial charge in [0.15, 0.2) is 11.6 Å². The molecule has 4 aromatic rings. The third kappa shape index (κ3) is 4.26. The van der Waals surface area contributed by atoms with Crippen molar-refractivity contribution in [2.24, 2.45) is 0 Å². The highest BCUT2D eigenvalue weighted by molar-refractivity contribution is 8.00. The summed E-state index contributed by atoms with van der Waals surface area (Å²) in [6.07, 6.45) is 0. The van der Waals surface area contributed by atoms with E-state index in [4.69, 9.17) is 9.97 Å². The number of aryl methyl sites for hydroxylation is 1. The van der Waals surface area contributed by atoms with E-state index in [1.807, 2.05) is 37.4 Å². The molecule has 28 heavy (non-hydrogen) atoms. The SMILES string of the molecule is Cc1ccc(SNc2nc3ccccc3nc2N(C)Cc2ccccc2)cc1. The van der Waals surface area contributed by atoms with Crippen LogP contribution in [0.4, 0.5) is 11.6 Å². The first-order chi connectivity index (χ1) is 13.7. The predicted molar refractivity (Wildman–Crippen MR) is 119 cm³/mol. The third-order valence-electron chi connectivity index (χ3n) is 4.46. The van der Waals surface area contributed by atoms with Crippen molar-refractivity contribution < 1.29 is 0 Å². The van der Waals surface area contributed by atoms with Gasteiger partial charge in [-0.05, 0) is 48.7 Å². The zero-order chi connectivity index (χ0) is 19.3. The van der Waals surface area contributed by atoms with Gasteiger partial charge in [-0.15, -0.1) is 0 Å². The number of fused-ring (bicyclic) bond motifs is 1. The van der Waals surface area contributed by atoms with Crippen molar-refractivity contribution in [2.75, 3.05) is 16.7 Å². The van der Waals surface area contributed by atoms with Gasteiger partial charge in [0.2, 0.25) is 0 Å². The molecule has 4 rings (SSSR count). The minimum atomic E-state index is 0.762. The van der Waals surface area contributed by atoms with Gasteiger partial charge in [0.1, 0.15) is 0 Å². The maximum absolute atomic E-state index is 4.89. The zero-order valence-corrected chi connectivity index (χ0v) is 16.8. The molecule has 0 aliphatic heterocycles. The molecule has 0 fully saturated rings. The lowest BCUT2D eigenvalue weighted by molar-refractivity contribution is 0.900. The van der Waals surface area contributed by atoms with Crippen molar-refractivity contribution in [3.63, 3.8) is 0 Å². The number of rotatable bonds is 6. The van der Waals surface area contributed by atoms with Crippen LogP contribution in [0.3, 0.4) is 0 Å². The number of benzene rings is 3. The average Bonchev–Trinajstić information content (AvgIpc) is 2.73. The highest BCUT2D eigenvalue weighted by Crippen LogP contribution is 2.29. The summed E-state index contributed by atoms with van der Waals surface area (Å²) in [6.45, 7) is 2.85. The fraction of sp³-hybridized carbons (Fsp3) is 0.130. The van der Waals surface area contributed by atoms with Crippen LogP contribution in [0.2, 0.25) is 0 Å². The number of hydrogen-bond acceptors (Lipinski definition) is 5. The Morgan fingerprint density at radius 2 is 1.46 bits per heavy atom. The molecule has 0 aliphatic rings. The first kappa shape index (κ1) is 18.3. The van der Waals surface area contributed by atoms with Gasteiger partial charge >= 0.3 is 0 Å². The van der Waals surface area contributed by atoms with Crippen LogP contribution in [0.5, 0.6) is 0 Å². The van der Waals surface area contributed by atoms with Gasteiger partial charge in [0.25, 0.3) is 0 Å². The number of aromatic nitrogens is 2. The highest BCUT2D eigenvalue weighted by atomic mass is 32.2. The second-order valence-electron chi connectivity index (χ2n) is 6.74. The lowest BCUT2D eigenvalue weighted by atomic mass is 10.2. The van der Waals surface area contributed by atoms with Gasteiger partial charge in [-0.1, -0.05) is 60.2 Å². The fourth-order valence-electron chi connectivity index (χ4n) is 2.97. The van der Waals surface area contributed by atoms with Crippen molar-refractivity contribution in [1.29, 1.82) is 0 Å². The summed E-state index contributed by atoms with van der Waals surface area (Å²) in [5.41, 5.74) is 4.25. The Balaban J connectivity index is 1.64. The first-order valence-corrected chi connectivity index (χ1v) is 10.0.